The van der Waals surface area contributed by atoms with Crippen molar-refractivity contribution in [2.75, 3.05) is 6.54 Å². The van der Waals surface area contributed by atoms with Crippen molar-refractivity contribution in [1.82, 2.24) is 15.2 Å². The lowest BCUT2D eigenvalue weighted by molar-refractivity contribution is -0.134. The third-order valence-corrected chi connectivity index (χ3v) is 5.03. The molecule has 0 aliphatic heterocycles. The van der Waals surface area contributed by atoms with Crippen LogP contribution < -0.4 is 5.32 Å². The summed E-state index contributed by atoms with van der Waals surface area (Å²) in [4.78, 5) is 32.1. The first-order valence-corrected chi connectivity index (χ1v) is 8.82. The van der Waals surface area contributed by atoms with Gasteiger partial charge in [-0.3, -0.25) is 14.6 Å². The van der Waals surface area contributed by atoms with Crippen LogP contribution >= 0.6 is 0 Å². The minimum atomic E-state index is -0.719. The lowest BCUT2D eigenvalue weighted by Crippen LogP contribution is -2.62. The molecule has 2 aliphatic carbocycles. The maximum atomic E-state index is 13.2. The summed E-state index contributed by atoms with van der Waals surface area (Å²) < 4.78 is 0. The van der Waals surface area contributed by atoms with Crippen LogP contribution in [-0.2, 0) is 4.79 Å². The predicted molar refractivity (Wildman–Crippen MR) is 92.5 cm³/mol. The molecular weight excluding hydrogens is 302 g/mol. The highest BCUT2D eigenvalue weighted by Crippen LogP contribution is 2.42. The zero-order valence-corrected chi connectivity index (χ0v) is 14.0. The van der Waals surface area contributed by atoms with E-state index in [0.717, 1.165) is 44.9 Å². The molecule has 128 valence electrons. The molecule has 24 heavy (non-hydrogen) atoms. The Bertz CT molecular complexity index is 604. The Labute approximate surface area is 143 Å². The second-order valence-electron chi connectivity index (χ2n) is 6.73. The van der Waals surface area contributed by atoms with Crippen molar-refractivity contribution in [2.45, 2.75) is 56.5 Å². The van der Waals surface area contributed by atoms with Gasteiger partial charge >= 0.3 is 0 Å². The maximum absolute atomic E-state index is 13.2. The van der Waals surface area contributed by atoms with Gasteiger partial charge in [-0.2, -0.15) is 0 Å². The van der Waals surface area contributed by atoms with Crippen LogP contribution in [0.1, 0.15) is 55.3 Å². The highest BCUT2D eigenvalue weighted by atomic mass is 16.2. The molecule has 3 rings (SSSR count). The lowest BCUT2D eigenvalue weighted by Gasteiger charge is -2.45. The first kappa shape index (κ1) is 16.7. The molecule has 1 aromatic heterocycles. The number of hydrogen-bond acceptors (Lipinski definition) is 3. The van der Waals surface area contributed by atoms with E-state index in [0.29, 0.717) is 12.1 Å². The first-order valence-electron chi connectivity index (χ1n) is 8.82. The fraction of sp³-hybridized carbons (Fsp3) is 0.526. The molecule has 0 radical (unpaired) electrons. The summed E-state index contributed by atoms with van der Waals surface area (Å²) in [5, 5.41) is 2.95. The van der Waals surface area contributed by atoms with Gasteiger partial charge in [-0.25, -0.2) is 0 Å². The zero-order valence-electron chi connectivity index (χ0n) is 14.0. The molecule has 0 saturated heterocycles. The van der Waals surface area contributed by atoms with Gasteiger partial charge in [-0.05, 0) is 37.8 Å². The summed E-state index contributed by atoms with van der Waals surface area (Å²) in [6, 6.07) is 3.64. The van der Waals surface area contributed by atoms with Gasteiger partial charge in [-0.1, -0.05) is 25.3 Å². The SMILES string of the molecule is C=CCNC(=O)C1(N(C(=O)c2ccncc2)C2CC2)CCCCC1. The van der Waals surface area contributed by atoms with Gasteiger partial charge in [-0.15, -0.1) is 6.58 Å². The van der Waals surface area contributed by atoms with E-state index < -0.39 is 5.54 Å². The molecular formula is C19H25N3O2. The van der Waals surface area contributed by atoms with E-state index in [9.17, 15) is 9.59 Å². The molecule has 5 heteroatoms. The van der Waals surface area contributed by atoms with Gasteiger partial charge in [0.25, 0.3) is 5.91 Å². The van der Waals surface area contributed by atoms with Gasteiger partial charge in [0.1, 0.15) is 5.54 Å². The summed E-state index contributed by atoms with van der Waals surface area (Å²) in [5.74, 6) is -0.0769. The first-order chi connectivity index (χ1) is 11.7. The average molecular weight is 327 g/mol. The number of carbonyl (C=O) groups is 2. The van der Waals surface area contributed by atoms with Gasteiger partial charge in [0.15, 0.2) is 0 Å². The minimum absolute atomic E-state index is 0.0311. The Balaban J connectivity index is 1.94. The number of pyridine rings is 1. The van der Waals surface area contributed by atoms with Crippen molar-refractivity contribution < 1.29 is 9.59 Å². The van der Waals surface area contributed by atoms with E-state index in [2.05, 4.69) is 16.9 Å². The Morgan fingerprint density at radius 3 is 2.50 bits per heavy atom. The molecule has 1 N–H and O–H groups in total. The predicted octanol–water partition coefficient (Wildman–Crippen LogP) is 2.69. The summed E-state index contributed by atoms with van der Waals surface area (Å²) >= 11 is 0. The van der Waals surface area contributed by atoms with E-state index in [1.165, 1.54) is 0 Å². The van der Waals surface area contributed by atoms with Crippen LogP contribution in [0.5, 0.6) is 0 Å². The molecule has 1 heterocycles. The van der Waals surface area contributed by atoms with Crippen LogP contribution in [0.2, 0.25) is 0 Å². The summed E-state index contributed by atoms with van der Waals surface area (Å²) in [6.07, 6.45) is 11.5. The number of carbonyl (C=O) groups excluding carboxylic acids is 2. The van der Waals surface area contributed by atoms with Gasteiger partial charge in [0.2, 0.25) is 5.91 Å². The van der Waals surface area contributed by atoms with Crippen molar-refractivity contribution in [3.05, 3.63) is 42.7 Å². The second-order valence-corrected chi connectivity index (χ2v) is 6.73. The van der Waals surface area contributed by atoms with Gasteiger partial charge in [0, 0.05) is 30.5 Å². The number of nitrogens with one attached hydrogen (secondary N) is 1. The molecule has 2 fully saturated rings. The van der Waals surface area contributed by atoms with Gasteiger partial charge in [0.05, 0.1) is 0 Å². The Kier molecular flexibility index (Phi) is 4.97. The number of rotatable bonds is 6. The quantitative estimate of drug-likeness (QED) is 0.817. The monoisotopic (exact) mass is 327 g/mol. The van der Waals surface area contributed by atoms with Crippen LogP contribution in [0, 0.1) is 0 Å². The van der Waals surface area contributed by atoms with E-state index in [-0.39, 0.29) is 17.9 Å². The van der Waals surface area contributed by atoms with Crippen molar-refractivity contribution in [2.24, 2.45) is 0 Å². The highest BCUT2D eigenvalue weighted by Gasteiger charge is 2.52. The molecule has 2 saturated carbocycles. The topological polar surface area (TPSA) is 62.3 Å². The third kappa shape index (κ3) is 3.21. The molecule has 0 atom stereocenters. The van der Waals surface area contributed by atoms with Crippen molar-refractivity contribution in [3.63, 3.8) is 0 Å². The largest absolute Gasteiger partial charge is 0.351 e. The molecule has 1 aromatic rings. The van der Waals surface area contributed by atoms with Crippen molar-refractivity contribution in [3.8, 4) is 0 Å². The molecule has 0 aromatic carbocycles. The number of aromatic nitrogens is 1. The van der Waals surface area contributed by atoms with E-state index in [1.54, 1.807) is 30.6 Å². The number of hydrogen-bond donors (Lipinski definition) is 1. The van der Waals surface area contributed by atoms with E-state index in [4.69, 9.17) is 0 Å². The Morgan fingerprint density at radius 2 is 1.92 bits per heavy atom. The zero-order chi connectivity index (χ0) is 17.0. The lowest BCUT2D eigenvalue weighted by atomic mass is 9.78. The van der Waals surface area contributed by atoms with Crippen molar-refractivity contribution >= 4 is 11.8 Å². The minimum Gasteiger partial charge on any atom is -0.351 e. The van der Waals surface area contributed by atoms with Gasteiger partial charge < -0.3 is 10.2 Å². The fourth-order valence-electron chi connectivity index (χ4n) is 3.72. The maximum Gasteiger partial charge on any atom is 0.255 e. The molecule has 2 amide bonds. The molecule has 0 unspecified atom stereocenters. The van der Waals surface area contributed by atoms with Crippen LogP contribution in [-0.4, -0.2) is 39.8 Å². The van der Waals surface area contributed by atoms with Crippen LogP contribution in [0.25, 0.3) is 0 Å². The standard InChI is InChI=1S/C19H25N3O2/c1-2-12-21-18(24)19(10-4-3-5-11-19)22(16-6-7-16)17(23)15-8-13-20-14-9-15/h2,8-9,13-14,16H,1,3-7,10-12H2,(H,21,24). The fourth-order valence-corrected chi connectivity index (χ4v) is 3.72. The average Bonchev–Trinajstić information content (AvgIpc) is 3.46. The molecule has 5 nitrogen and oxygen atoms in total. The van der Waals surface area contributed by atoms with Crippen molar-refractivity contribution in [1.29, 1.82) is 0 Å². The molecule has 0 bridgehead atoms. The summed E-state index contributed by atoms with van der Waals surface area (Å²) in [6.45, 7) is 4.11. The normalized spacial score (nSPS) is 19.3. The Morgan fingerprint density at radius 1 is 1.25 bits per heavy atom. The van der Waals surface area contributed by atoms with E-state index in [1.807, 2.05) is 4.90 Å². The van der Waals surface area contributed by atoms with E-state index >= 15 is 0 Å². The molecule has 0 spiro atoms. The second kappa shape index (κ2) is 7.16. The summed E-state index contributed by atoms with van der Waals surface area (Å²) in [5.41, 5.74) is -0.110. The third-order valence-electron chi connectivity index (χ3n) is 5.03. The molecule has 2 aliphatic rings. The summed E-state index contributed by atoms with van der Waals surface area (Å²) in [7, 11) is 0. The van der Waals surface area contributed by atoms with Crippen LogP contribution in [0.4, 0.5) is 0 Å². The van der Waals surface area contributed by atoms with Crippen LogP contribution in [0.3, 0.4) is 0 Å². The smallest absolute Gasteiger partial charge is 0.255 e. The Hall–Kier alpha value is -2.17. The number of nitrogens with zero attached hydrogens (tertiary/aromatic N) is 2. The van der Waals surface area contributed by atoms with Crippen LogP contribution in [0.15, 0.2) is 37.2 Å². The number of amides is 2. The highest BCUT2D eigenvalue weighted by molar-refractivity contribution is 5.99.